The molecule has 1 aromatic heterocycles. The second-order valence-electron chi connectivity index (χ2n) is 6.32. The third-order valence-corrected chi connectivity index (χ3v) is 3.95. The molecule has 0 fully saturated rings. The van der Waals surface area contributed by atoms with E-state index in [4.69, 9.17) is 9.47 Å². The highest BCUT2D eigenvalue weighted by Gasteiger charge is 2.33. The molecule has 1 aromatic carbocycles. The molecule has 1 heterocycles. The molecular formula is C18H21F3N2O4. The maximum atomic E-state index is 13.1. The third kappa shape index (κ3) is 4.47. The number of esters is 1. The quantitative estimate of drug-likeness (QED) is 0.713. The molecule has 0 saturated heterocycles. The van der Waals surface area contributed by atoms with Crippen molar-refractivity contribution in [1.29, 1.82) is 0 Å². The van der Waals surface area contributed by atoms with E-state index in [1.807, 2.05) is 0 Å². The normalized spacial score (nSPS) is 12.4. The Labute approximate surface area is 153 Å². The average molecular weight is 386 g/mol. The number of carbonyl (C=O) groups excluding carboxylic acids is 1. The Kier molecular flexibility index (Phi) is 5.94. The summed E-state index contributed by atoms with van der Waals surface area (Å²) in [6, 6.07) is 2.81. The molecule has 0 amide bonds. The fourth-order valence-corrected chi connectivity index (χ4v) is 2.77. The minimum atomic E-state index is -4.57. The standard InChI is InChI=1S/C18H21F3N2O4/c1-5-26-14(24)10-23-16(25)12-8-7-11(18(19,20)21)9-13(12)15(22-23)17(3,4)27-6-2/h7-9H,5-6,10H2,1-4H3. The third-order valence-electron chi connectivity index (χ3n) is 3.95. The van der Waals surface area contributed by atoms with E-state index in [0.29, 0.717) is 0 Å². The molecule has 0 radical (unpaired) electrons. The van der Waals surface area contributed by atoms with Crippen molar-refractivity contribution in [3.8, 4) is 0 Å². The lowest BCUT2D eigenvalue weighted by Crippen LogP contribution is -2.33. The number of nitrogens with zero attached hydrogens (tertiary/aromatic N) is 2. The number of benzene rings is 1. The van der Waals surface area contributed by atoms with Gasteiger partial charge < -0.3 is 9.47 Å². The predicted octanol–water partition coefficient (Wildman–Crippen LogP) is 3.25. The van der Waals surface area contributed by atoms with Crippen LogP contribution in [0.4, 0.5) is 13.2 Å². The lowest BCUT2D eigenvalue weighted by Gasteiger charge is -2.26. The van der Waals surface area contributed by atoms with Crippen LogP contribution < -0.4 is 5.56 Å². The number of ether oxygens (including phenoxy) is 2. The van der Waals surface area contributed by atoms with Crippen LogP contribution in [0.3, 0.4) is 0 Å². The predicted molar refractivity (Wildman–Crippen MR) is 92.3 cm³/mol. The highest BCUT2D eigenvalue weighted by Crippen LogP contribution is 2.34. The first-order valence-corrected chi connectivity index (χ1v) is 8.43. The minimum Gasteiger partial charge on any atom is -0.465 e. The van der Waals surface area contributed by atoms with Crippen molar-refractivity contribution in [2.24, 2.45) is 0 Å². The molecule has 0 atom stereocenters. The molecule has 0 aliphatic carbocycles. The topological polar surface area (TPSA) is 70.4 Å². The number of carbonyl (C=O) groups is 1. The number of rotatable bonds is 6. The number of hydrogen-bond donors (Lipinski definition) is 0. The second-order valence-corrected chi connectivity index (χ2v) is 6.32. The zero-order valence-electron chi connectivity index (χ0n) is 15.5. The van der Waals surface area contributed by atoms with Crippen LogP contribution in [0.1, 0.15) is 39.0 Å². The lowest BCUT2D eigenvalue weighted by atomic mass is 9.97. The van der Waals surface area contributed by atoms with Gasteiger partial charge >= 0.3 is 12.1 Å². The molecule has 0 aliphatic heterocycles. The van der Waals surface area contributed by atoms with Crippen LogP contribution >= 0.6 is 0 Å². The molecule has 9 heteroatoms. The van der Waals surface area contributed by atoms with Gasteiger partial charge in [-0.2, -0.15) is 18.3 Å². The molecule has 0 saturated carbocycles. The van der Waals surface area contributed by atoms with E-state index < -0.39 is 35.4 Å². The number of aromatic nitrogens is 2. The summed E-state index contributed by atoms with van der Waals surface area (Å²) in [7, 11) is 0. The van der Waals surface area contributed by atoms with Gasteiger partial charge in [0.05, 0.1) is 17.6 Å². The van der Waals surface area contributed by atoms with Crippen LogP contribution in [0.25, 0.3) is 10.8 Å². The van der Waals surface area contributed by atoms with Gasteiger partial charge in [-0.25, -0.2) is 4.68 Å². The van der Waals surface area contributed by atoms with E-state index in [0.717, 1.165) is 22.9 Å². The summed E-state index contributed by atoms with van der Waals surface area (Å²) < 4.78 is 50.7. The molecule has 27 heavy (non-hydrogen) atoms. The molecule has 148 valence electrons. The largest absolute Gasteiger partial charge is 0.465 e. The molecular weight excluding hydrogens is 365 g/mol. The molecule has 0 spiro atoms. The zero-order chi connectivity index (χ0) is 20.4. The van der Waals surface area contributed by atoms with E-state index in [1.54, 1.807) is 27.7 Å². The van der Waals surface area contributed by atoms with Crippen LogP contribution in [-0.4, -0.2) is 29.0 Å². The maximum Gasteiger partial charge on any atom is 0.416 e. The summed E-state index contributed by atoms with van der Waals surface area (Å²) in [5.74, 6) is -0.668. The Morgan fingerprint density at radius 3 is 2.37 bits per heavy atom. The van der Waals surface area contributed by atoms with Crippen LogP contribution in [0.5, 0.6) is 0 Å². The smallest absolute Gasteiger partial charge is 0.416 e. The van der Waals surface area contributed by atoms with Crippen molar-refractivity contribution in [3.05, 3.63) is 39.8 Å². The highest BCUT2D eigenvalue weighted by atomic mass is 19.4. The summed E-state index contributed by atoms with van der Waals surface area (Å²) in [5, 5.41) is 4.20. The van der Waals surface area contributed by atoms with Crippen molar-refractivity contribution in [1.82, 2.24) is 9.78 Å². The highest BCUT2D eigenvalue weighted by molar-refractivity contribution is 5.85. The Balaban J connectivity index is 2.77. The van der Waals surface area contributed by atoms with Crippen molar-refractivity contribution in [2.45, 2.75) is 46.0 Å². The van der Waals surface area contributed by atoms with Gasteiger partial charge in [0.15, 0.2) is 0 Å². The van der Waals surface area contributed by atoms with E-state index in [-0.39, 0.29) is 29.7 Å². The summed E-state index contributed by atoms with van der Waals surface area (Å²) in [6.07, 6.45) is -4.57. The molecule has 0 aliphatic rings. The Hall–Kier alpha value is -2.42. The van der Waals surface area contributed by atoms with Crippen molar-refractivity contribution >= 4 is 16.7 Å². The van der Waals surface area contributed by atoms with E-state index in [9.17, 15) is 22.8 Å². The molecule has 0 bridgehead atoms. The van der Waals surface area contributed by atoms with Crippen molar-refractivity contribution in [2.75, 3.05) is 13.2 Å². The molecule has 0 unspecified atom stereocenters. The van der Waals surface area contributed by atoms with Gasteiger partial charge in [-0.05, 0) is 45.9 Å². The lowest BCUT2D eigenvalue weighted by molar-refractivity contribution is -0.144. The minimum absolute atomic E-state index is 0.0186. The number of fused-ring (bicyclic) bond motifs is 1. The fourth-order valence-electron chi connectivity index (χ4n) is 2.77. The summed E-state index contributed by atoms with van der Waals surface area (Å²) >= 11 is 0. The first-order valence-electron chi connectivity index (χ1n) is 8.43. The van der Waals surface area contributed by atoms with E-state index in [2.05, 4.69) is 5.10 Å². The fraction of sp³-hybridized carbons (Fsp3) is 0.500. The monoisotopic (exact) mass is 386 g/mol. The van der Waals surface area contributed by atoms with Crippen LogP contribution in [0.2, 0.25) is 0 Å². The average Bonchev–Trinajstić information content (AvgIpc) is 2.56. The van der Waals surface area contributed by atoms with Gasteiger partial charge in [-0.15, -0.1) is 0 Å². The number of alkyl halides is 3. The zero-order valence-corrected chi connectivity index (χ0v) is 15.5. The van der Waals surface area contributed by atoms with Crippen LogP contribution in [0, 0.1) is 0 Å². The molecule has 0 N–H and O–H groups in total. The first-order chi connectivity index (χ1) is 12.5. The van der Waals surface area contributed by atoms with E-state index in [1.165, 1.54) is 0 Å². The number of hydrogen-bond acceptors (Lipinski definition) is 5. The Bertz CT molecular complexity index is 904. The molecule has 2 aromatic rings. The second kappa shape index (κ2) is 7.67. The number of halogens is 3. The summed E-state index contributed by atoms with van der Waals surface area (Å²) in [4.78, 5) is 24.4. The Morgan fingerprint density at radius 2 is 1.81 bits per heavy atom. The van der Waals surface area contributed by atoms with Crippen LogP contribution in [-0.2, 0) is 32.6 Å². The maximum absolute atomic E-state index is 13.1. The summed E-state index contributed by atoms with van der Waals surface area (Å²) in [5.41, 5.74) is -2.52. The van der Waals surface area contributed by atoms with Gasteiger partial charge in [0.1, 0.15) is 17.8 Å². The van der Waals surface area contributed by atoms with E-state index >= 15 is 0 Å². The molecule has 2 rings (SSSR count). The SMILES string of the molecule is CCOC(=O)Cn1nc(C(C)(C)OCC)c2cc(C(F)(F)F)ccc2c1=O. The van der Waals surface area contributed by atoms with Gasteiger partial charge in [0.25, 0.3) is 5.56 Å². The van der Waals surface area contributed by atoms with Gasteiger partial charge in [0, 0.05) is 12.0 Å². The van der Waals surface area contributed by atoms with Crippen molar-refractivity contribution in [3.63, 3.8) is 0 Å². The van der Waals surface area contributed by atoms with Gasteiger partial charge in [0.2, 0.25) is 0 Å². The molecule has 6 nitrogen and oxygen atoms in total. The summed E-state index contributed by atoms with van der Waals surface area (Å²) in [6.45, 7) is 6.60. The Morgan fingerprint density at radius 1 is 1.15 bits per heavy atom. The van der Waals surface area contributed by atoms with Gasteiger partial charge in [-0.3, -0.25) is 9.59 Å². The van der Waals surface area contributed by atoms with Crippen LogP contribution in [0.15, 0.2) is 23.0 Å². The van der Waals surface area contributed by atoms with Crippen molar-refractivity contribution < 1.29 is 27.4 Å². The first kappa shape index (κ1) is 20.9. The van der Waals surface area contributed by atoms with Gasteiger partial charge in [-0.1, -0.05) is 0 Å².